The van der Waals surface area contributed by atoms with Crippen LogP contribution < -0.4 is 11.1 Å². The van der Waals surface area contributed by atoms with Gasteiger partial charge in [0.15, 0.2) is 0 Å². The molecule has 1 fully saturated rings. The second-order valence-corrected chi connectivity index (χ2v) is 6.74. The van der Waals surface area contributed by atoms with E-state index in [1.165, 1.54) is 5.56 Å². The van der Waals surface area contributed by atoms with Crippen LogP contribution in [0, 0.1) is 12.8 Å². The number of carbonyl (C=O) groups excluding carboxylic acids is 1. The van der Waals surface area contributed by atoms with Crippen LogP contribution in [-0.2, 0) is 9.53 Å². The minimum absolute atomic E-state index is 0.0620. The zero-order valence-electron chi connectivity index (χ0n) is 14.6. The number of aryl methyl sites for hydroxylation is 1. The van der Waals surface area contributed by atoms with E-state index >= 15 is 0 Å². The molecule has 23 heavy (non-hydrogen) atoms. The van der Waals surface area contributed by atoms with E-state index in [0.717, 1.165) is 31.2 Å². The fourth-order valence-electron chi connectivity index (χ4n) is 3.03. The van der Waals surface area contributed by atoms with Gasteiger partial charge in [-0.15, -0.1) is 0 Å². The predicted octanol–water partition coefficient (Wildman–Crippen LogP) is 3.10. The lowest BCUT2D eigenvalue weighted by Crippen LogP contribution is -2.51. The van der Waals surface area contributed by atoms with E-state index in [9.17, 15) is 4.79 Å². The van der Waals surface area contributed by atoms with E-state index in [-0.39, 0.29) is 23.5 Å². The number of hydrogen-bond donors (Lipinski definition) is 2. The summed E-state index contributed by atoms with van der Waals surface area (Å²) in [4.78, 5) is 12.7. The lowest BCUT2D eigenvalue weighted by Gasteiger charge is -2.33. The van der Waals surface area contributed by atoms with Gasteiger partial charge in [0.1, 0.15) is 0 Å². The molecule has 0 aromatic heterocycles. The first kappa shape index (κ1) is 18.0. The highest BCUT2D eigenvalue weighted by Crippen LogP contribution is 2.34. The highest BCUT2D eigenvalue weighted by atomic mass is 16.5. The van der Waals surface area contributed by atoms with Gasteiger partial charge in [0.25, 0.3) is 0 Å². The molecule has 0 aliphatic carbocycles. The third-order valence-electron chi connectivity index (χ3n) is 5.09. The molecule has 0 saturated carbocycles. The van der Waals surface area contributed by atoms with Crippen molar-refractivity contribution in [3.63, 3.8) is 0 Å². The number of carbonyl (C=O) groups is 1. The molecule has 4 nitrogen and oxygen atoms in total. The van der Waals surface area contributed by atoms with Crippen LogP contribution in [0.1, 0.15) is 56.8 Å². The molecule has 1 aromatic rings. The van der Waals surface area contributed by atoms with Crippen LogP contribution in [0.2, 0.25) is 0 Å². The third kappa shape index (κ3) is 4.55. The van der Waals surface area contributed by atoms with Gasteiger partial charge < -0.3 is 15.8 Å². The molecule has 128 valence electrons. The monoisotopic (exact) mass is 318 g/mol. The topological polar surface area (TPSA) is 64.3 Å². The SMILES string of the molecule is CCC(N)(CC)CNC(=O)C1CCCOC1c1ccc(C)cc1. The largest absolute Gasteiger partial charge is 0.373 e. The molecule has 1 aromatic carbocycles. The van der Waals surface area contributed by atoms with Gasteiger partial charge >= 0.3 is 0 Å². The predicted molar refractivity (Wildman–Crippen MR) is 93.1 cm³/mol. The Kier molecular flexibility index (Phi) is 6.19. The highest BCUT2D eigenvalue weighted by molar-refractivity contribution is 5.79. The molecule has 1 aliphatic heterocycles. The average Bonchev–Trinajstić information content (AvgIpc) is 2.60. The van der Waals surface area contributed by atoms with Gasteiger partial charge in [-0.05, 0) is 38.2 Å². The summed E-state index contributed by atoms with van der Waals surface area (Å²) < 4.78 is 5.93. The Hall–Kier alpha value is -1.39. The van der Waals surface area contributed by atoms with Gasteiger partial charge in [-0.3, -0.25) is 4.79 Å². The van der Waals surface area contributed by atoms with Crippen molar-refractivity contribution in [3.8, 4) is 0 Å². The maximum absolute atomic E-state index is 12.7. The molecule has 4 heteroatoms. The minimum atomic E-state index is -0.315. The van der Waals surface area contributed by atoms with Crippen molar-refractivity contribution in [2.45, 2.75) is 58.1 Å². The number of hydrogen-bond acceptors (Lipinski definition) is 3. The molecular weight excluding hydrogens is 288 g/mol. The Morgan fingerprint density at radius 2 is 1.96 bits per heavy atom. The molecule has 2 atom stereocenters. The van der Waals surface area contributed by atoms with Crippen LogP contribution in [-0.4, -0.2) is 24.6 Å². The second kappa shape index (κ2) is 7.93. The van der Waals surface area contributed by atoms with Gasteiger partial charge in [0.05, 0.1) is 12.0 Å². The first-order valence-corrected chi connectivity index (χ1v) is 8.74. The van der Waals surface area contributed by atoms with Crippen molar-refractivity contribution in [1.82, 2.24) is 5.32 Å². The number of rotatable bonds is 6. The lowest BCUT2D eigenvalue weighted by molar-refractivity contribution is -0.135. The Bertz CT molecular complexity index is 509. The van der Waals surface area contributed by atoms with E-state index in [0.29, 0.717) is 13.2 Å². The molecule has 0 bridgehead atoms. The third-order valence-corrected chi connectivity index (χ3v) is 5.09. The summed E-state index contributed by atoms with van der Waals surface area (Å²) in [5.41, 5.74) is 8.27. The van der Waals surface area contributed by atoms with Gasteiger partial charge in [-0.2, -0.15) is 0 Å². The van der Waals surface area contributed by atoms with Crippen LogP contribution in [0.3, 0.4) is 0 Å². The fourth-order valence-corrected chi connectivity index (χ4v) is 3.03. The zero-order chi connectivity index (χ0) is 16.9. The van der Waals surface area contributed by atoms with Crippen molar-refractivity contribution in [1.29, 1.82) is 0 Å². The molecule has 2 rings (SSSR count). The number of nitrogens with one attached hydrogen (secondary N) is 1. The maximum atomic E-state index is 12.7. The summed E-state index contributed by atoms with van der Waals surface area (Å²) in [5.74, 6) is -0.0728. The number of amides is 1. The number of benzene rings is 1. The summed E-state index contributed by atoms with van der Waals surface area (Å²) in [6.45, 7) is 7.43. The summed E-state index contributed by atoms with van der Waals surface area (Å²) in [6.07, 6.45) is 3.34. The molecule has 1 heterocycles. The smallest absolute Gasteiger partial charge is 0.226 e. The van der Waals surface area contributed by atoms with Crippen LogP contribution in [0.4, 0.5) is 0 Å². The zero-order valence-corrected chi connectivity index (χ0v) is 14.6. The minimum Gasteiger partial charge on any atom is -0.373 e. The molecule has 1 aliphatic rings. The summed E-state index contributed by atoms with van der Waals surface area (Å²) in [7, 11) is 0. The standard InChI is InChI=1S/C19H30N2O2/c1-4-19(20,5-2)13-21-18(22)16-7-6-12-23-17(16)15-10-8-14(3)9-11-15/h8-11,16-17H,4-7,12-13,20H2,1-3H3,(H,21,22). The van der Waals surface area contributed by atoms with Crippen LogP contribution in [0.25, 0.3) is 0 Å². The number of nitrogens with two attached hydrogens (primary N) is 1. The van der Waals surface area contributed by atoms with E-state index < -0.39 is 0 Å². The average molecular weight is 318 g/mol. The molecule has 0 radical (unpaired) electrons. The van der Waals surface area contributed by atoms with Crippen LogP contribution in [0.15, 0.2) is 24.3 Å². The molecular formula is C19H30N2O2. The van der Waals surface area contributed by atoms with Crippen molar-refractivity contribution in [3.05, 3.63) is 35.4 Å². The normalized spacial score (nSPS) is 21.9. The van der Waals surface area contributed by atoms with E-state index in [2.05, 4.69) is 50.4 Å². The van der Waals surface area contributed by atoms with Crippen LogP contribution >= 0.6 is 0 Å². The van der Waals surface area contributed by atoms with Gasteiger partial charge in [-0.1, -0.05) is 43.7 Å². The van der Waals surface area contributed by atoms with E-state index in [1.54, 1.807) is 0 Å². The second-order valence-electron chi connectivity index (χ2n) is 6.74. The molecule has 1 saturated heterocycles. The Balaban J connectivity index is 2.05. The van der Waals surface area contributed by atoms with Crippen LogP contribution in [0.5, 0.6) is 0 Å². The Labute approximate surface area is 139 Å². The van der Waals surface area contributed by atoms with Crippen molar-refractivity contribution in [2.24, 2.45) is 11.7 Å². The summed E-state index contributed by atoms with van der Waals surface area (Å²) >= 11 is 0. The van der Waals surface area contributed by atoms with Gasteiger partial charge in [-0.25, -0.2) is 0 Å². The molecule has 0 spiro atoms. The maximum Gasteiger partial charge on any atom is 0.226 e. The fraction of sp³-hybridized carbons (Fsp3) is 0.632. The van der Waals surface area contributed by atoms with E-state index in [4.69, 9.17) is 10.5 Å². The highest BCUT2D eigenvalue weighted by Gasteiger charge is 2.34. The Morgan fingerprint density at radius 3 is 2.57 bits per heavy atom. The quantitative estimate of drug-likeness (QED) is 0.847. The molecule has 1 amide bonds. The molecule has 3 N–H and O–H groups in total. The van der Waals surface area contributed by atoms with E-state index in [1.807, 2.05) is 0 Å². The Morgan fingerprint density at radius 1 is 1.30 bits per heavy atom. The summed E-state index contributed by atoms with van der Waals surface area (Å²) in [6, 6.07) is 8.27. The molecule has 2 unspecified atom stereocenters. The van der Waals surface area contributed by atoms with Gasteiger partial charge in [0.2, 0.25) is 5.91 Å². The number of ether oxygens (including phenoxy) is 1. The van der Waals surface area contributed by atoms with Gasteiger partial charge in [0, 0.05) is 18.7 Å². The summed E-state index contributed by atoms with van der Waals surface area (Å²) in [5, 5.41) is 3.06. The first-order chi connectivity index (χ1) is 11.0. The first-order valence-electron chi connectivity index (χ1n) is 8.74. The lowest BCUT2D eigenvalue weighted by atomic mass is 9.87. The van der Waals surface area contributed by atoms with Crippen molar-refractivity contribution < 1.29 is 9.53 Å². The van der Waals surface area contributed by atoms with Crippen molar-refractivity contribution >= 4 is 5.91 Å². The van der Waals surface area contributed by atoms with Crippen molar-refractivity contribution in [2.75, 3.05) is 13.2 Å².